The topological polar surface area (TPSA) is 384 Å². The van der Waals surface area contributed by atoms with Crippen LogP contribution in [0.25, 0.3) is 88.8 Å². The lowest BCUT2D eigenvalue weighted by Gasteiger charge is -2.30. The van der Waals surface area contributed by atoms with Crippen molar-refractivity contribution in [1.82, 2.24) is 75.4 Å². The lowest BCUT2D eigenvalue weighted by molar-refractivity contribution is -0.147. The van der Waals surface area contributed by atoms with Gasteiger partial charge in [-0.1, -0.05) is 173 Å². The summed E-state index contributed by atoms with van der Waals surface area (Å²) < 4.78 is 24.5. The van der Waals surface area contributed by atoms with Gasteiger partial charge in [-0.2, -0.15) is 0 Å². The summed E-state index contributed by atoms with van der Waals surface area (Å²) in [6, 6.07) is 53.9. The van der Waals surface area contributed by atoms with Gasteiger partial charge < -0.3 is 79.4 Å². The molecule has 0 aliphatic carbocycles. The summed E-state index contributed by atoms with van der Waals surface area (Å²) in [5, 5.41) is 21.7. The van der Waals surface area contributed by atoms with Gasteiger partial charge in [0.15, 0.2) is 0 Å². The van der Waals surface area contributed by atoms with E-state index >= 15 is 0 Å². The Kier molecular flexibility index (Phi) is 29.5. The number of likely N-dealkylation sites (tertiary alicyclic amines) is 4. The minimum absolute atomic E-state index is 0.0963. The van der Waals surface area contributed by atoms with E-state index in [0.717, 1.165) is 174 Å². The maximum atomic E-state index is 14.1. The number of ether oxygens (including phenoxy) is 5. The molecule has 688 valence electrons. The van der Waals surface area contributed by atoms with E-state index in [2.05, 4.69) is 167 Å². The molecule has 0 bridgehead atoms. The zero-order valence-corrected chi connectivity index (χ0v) is 76.7. The van der Waals surface area contributed by atoms with Gasteiger partial charge in [-0.25, -0.2) is 39.1 Å². The quantitative estimate of drug-likeness (QED) is 0.0218. The minimum atomic E-state index is -1.01. The number of imidazole rings is 4. The Balaban J connectivity index is 0.000000183. The van der Waals surface area contributed by atoms with Crippen LogP contribution in [0.1, 0.15) is 188 Å². The average Bonchev–Trinajstić information content (AvgIpc) is 0.830. The highest BCUT2D eigenvalue weighted by Crippen LogP contribution is 2.41. The summed E-state index contributed by atoms with van der Waals surface area (Å²) in [6.07, 6.45) is 11.5. The van der Waals surface area contributed by atoms with Crippen molar-refractivity contribution in [1.29, 1.82) is 0 Å². The predicted octanol–water partition coefficient (Wildman–Crippen LogP) is 18.5. The van der Waals surface area contributed by atoms with Crippen LogP contribution >= 0.6 is 0 Å². The van der Waals surface area contributed by atoms with Crippen LogP contribution in [0.15, 0.2) is 195 Å². The number of carboxylic acids is 1. The third-order valence-corrected chi connectivity index (χ3v) is 24.9. The highest BCUT2D eigenvalue weighted by molar-refractivity contribution is 5.94. The summed E-state index contributed by atoms with van der Waals surface area (Å²) in [7, 11) is 5.13. The summed E-state index contributed by atoms with van der Waals surface area (Å²) in [5.41, 5.74) is 14.5. The van der Waals surface area contributed by atoms with Crippen molar-refractivity contribution in [2.24, 2.45) is 11.8 Å². The summed E-state index contributed by atoms with van der Waals surface area (Å²) in [5.74, 6) is -0.102. The number of aromatic amines is 4. The number of esters is 1. The Hall–Kier alpha value is -14.5. The van der Waals surface area contributed by atoms with Gasteiger partial charge in [0.05, 0.1) is 113 Å². The number of hydrogen-bond donors (Lipinski definition) is 8. The minimum Gasteiger partial charge on any atom is -0.481 e. The fourth-order valence-corrected chi connectivity index (χ4v) is 17.9. The molecule has 8 N–H and O–H groups in total. The van der Waals surface area contributed by atoms with Crippen molar-refractivity contribution in [3.05, 3.63) is 240 Å². The Bertz CT molecular complexity index is 6170. The van der Waals surface area contributed by atoms with Crippen molar-refractivity contribution in [2.75, 3.05) is 54.6 Å². The molecule has 4 aliphatic heterocycles. The maximum Gasteiger partial charge on any atom is 0.410 e. The van der Waals surface area contributed by atoms with Crippen LogP contribution < -0.4 is 16.0 Å². The second kappa shape index (κ2) is 41.5. The van der Waals surface area contributed by atoms with E-state index in [0.29, 0.717) is 37.6 Å². The van der Waals surface area contributed by atoms with Gasteiger partial charge in [0, 0.05) is 37.3 Å². The normalized spacial score (nSPS) is 16.9. The molecule has 4 aromatic heterocycles. The summed E-state index contributed by atoms with van der Waals surface area (Å²) in [6.45, 7) is 19.4. The second-order valence-electron chi connectivity index (χ2n) is 35.5. The fourth-order valence-electron chi connectivity index (χ4n) is 17.9. The Labute approximate surface area is 766 Å². The number of rotatable bonds is 23. The van der Waals surface area contributed by atoms with Gasteiger partial charge in [0.2, 0.25) is 11.8 Å². The molecule has 8 heterocycles. The van der Waals surface area contributed by atoms with Crippen LogP contribution in [0, 0.1) is 25.7 Å². The molecule has 8 aromatic carbocycles. The van der Waals surface area contributed by atoms with Crippen molar-refractivity contribution in [3.8, 4) is 67.3 Å². The first-order chi connectivity index (χ1) is 63.5. The summed E-state index contributed by atoms with van der Waals surface area (Å²) >= 11 is 0. The average molecular weight is 1790 g/mol. The van der Waals surface area contributed by atoms with E-state index in [1.54, 1.807) is 21.9 Å². The van der Waals surface area contributed by atoms with Crippen LogP contribution in [0.3, 0.4) is 0 Å². The van der Waals surface area contributed by atoms with Crippen molar-refractivity contribution in [2.45, 2.75) is 174 Å². The van der Waals surface area contributed by atoms with E-state index < -0.39 is 59.9 Å². The molecular weight excluding hydrogens is 1680 g/mol. The number of carboxylic acid groups (broad SMARTS) is 1. The number of methoxy groups -OCH3 is 4. The molecule has 16 rings (SSSR count). The Morgan fingerprint density at radius 3 is 1.08 bits per heavy atom. The van der Waals surface area contributed by atoms with E-state index in [-0.39, 0.29) is 66.2 Å². The smallest absolute Gasteiger partial charge is 0.410 e. The molecule has 0 unspecified atom stereocenters. The third-order valence-electron chi connectivity index (χ3n) is 24.9. The number of fused-ring (bicyclic) bond motifs is 2. The largest absolute Gasteiger partial charge is 0.481 e. The molecule has 0 radical (unpaired) electrons. The van der Waals surface area contributed by atoms with E-state index in [1.807, 2.05) is 133 Å². The Morgan fingerprint density at radius 1 is 0.402 bits per heavy atom. The van der Waals surface area contributed by atoms with Gasteiger partial charge in [-0.3, -0.25) is 28.9 Å². The number of carbonyl (C=O) groups excluding carboxylic acids is 8. The molecule has 30 nitrogen and oxygen atoms in total. The van der Waals surface area contributed by atoms with Crippen LogP contribution in [0.5, 0.6) is 0 Å². The monoisotopic (exact) mass is 1790 g/mol. The molecule has 4 fully saturated rings. The zero-order chi connectivity index (χ0) is 93.8. The first kappa shape index (κ1) is 93.7. The SMILES string of the molecule is COC(=O)C[C@@H](C(=O)O)c1ccccc1C.COC(=O)N[C@H](C(=O)N1CCC[C@H]1c1ncc(-c2ccc3cc(-c4ccc(-c5cnc([C@@H]6CCCN6C(=O)OC(C)(C)C)[nH]5)cc4)ccc3c2)[nH]1)C(C)C.COC(=O)N[C@H](C(=O)N1CCC[C@H]1c1ncc(-c2ccc3cc(-c4ccc(-c5cnc([C@@H]6CCCN6C(=O)[C@H](NC(=O)OC)c6ccccc6C)[nH]5)cc4)ccc3c2)[nH]1)C(C)C. The van der Waals surface area contributed by atoms with Gasteiger partial charge >= 0.3 is 36.3 Å². The number of hydrogen-bond acceptors (Lipinski definition) is 18. The molecule has 4 aliphatic rings. The molecule has 12 aromatic rings. The number of H-pyrrole nitrogens is 4. The van der Waals surface area contributed by atoms with Gasteiger partial charge in [-0.15, -0.1) is 0 Å². The van der Waals surface area contributed by atoms with Crippen molar-refractivity contribution in [3.63, 3.8) is 0 Å². The number of benzene rings is 8. The molecule has 0 spiro atoms. The molecule has 0 saturated carbocycles. The number of nitrogens with zero attached hydrogens (tertiary/aromatic N) is 8. The van der Waals surface area contributed by atoms with Crippen molar-refractivity contribution < 1.29 is 71.9 Å². The van der Waals surface area contributed by atoms with Gasteiger partial charge in [0.25, 0.3) is 5.91 Å². The molecule has 7 amide bonds. The van der Waals surface area contributed by atoms with Crippen LogP contribution in [0.2, 0.25) is 0 Å². The Morgan fingerprint density at radius 2 is 0.720 bits per heavy atom. The number of aryl methyl sites for hydroxylation is 2. The lowest BCUT2D eigenvalue weighted by Crippen LogP contribution is -2.51. The standard InChI is InChI=1S/C48H52N8O6.C42H49N7O5.C12H14O4/c1-28(2)41(53-47(59)61-4)45(57)55-22-8-12-39(55)44-50-27-38(52-44)35-21-20-33-24-32(18-19-34(33)25-35)30-14-16-31(17-15-30)37-26-49-43(51-37)40-13-9-23-56(40)46(58)42(54-48(60)62-5)36-11-7-6-10-29(36)3;1-25(2)36(47-40(51)53-6)39(50)48-19-7-9-34(48)37-44-24-33(46-37)31-18-17-29-21-28(15-16-30(29)22-31)26-11-13-27(14-12-26)32-23-43-38(45-32)35-10-8-20-49(35)41(52)54-42(3,4)5;1-8-5-3-4-6-9(8)10(12(14)15)7-11(13)16-2/h6-7,10-11,14-21,24-28,39-42H,8-9,12-13,22-23H2,1-5H3,(H,49,51)(H,50,52)(H,53,59)(H,54,60);11-18,21-25,34-36H,7-10,19-20H2,1-6H3,(H,43,45)(H,44,46)(H,47,51);3-6,10H,7H2,1-2H3,(H,14,15)/t39-,40-,41-,42+;34-,35-,36-;10-/m001/s1. The number of alkyl carbamates (subject to hydrolysis) is 3. The van der Waals surface area contributed by atoms with E-state index in [9.17, 15) is 43.2 Å². The molecule has 132 heavy (non-hydrogen) atoms. The van der Waals surface area contributed by atoms with Gasteiger partial charge in [0.1, 0.15) is 47.0 Å². The van der Waals surface area contributed by atoms with Crippen LogP contribution in [0.4, 0.5) is 19.2 Å². The zero-order valence-electron chi connectivity index (χ0n) is 76.7. The maximum absolute atomic E-state index is 14.1. The predicted molar refractivity (Wildman–Crippen MR) is 501 cm³/mol. The number of aliphatic carboxylic acids is 1. The molecule has 4 saturated heterocycles. The molecule has 30 heteroatoms. The summed E-state index contributed by atoms with van der Waals surface area (Å²) in [4.78, 5) is 152. The second-order valence-corrected chi connectivity index (χ2v) is 35.5. The molecular formula is C102H115N15O15. The van der Waals surface area contributed by atoms with Crippen LogP contribution in [-0.2, 0) is 47.7 Å². The number of carbonyl (C=O) groups is 9. The molecule has 8 atom stereocenters. The third kappa shape index (κ3) is 21.7. The fraction of sp³-hybridized carbons (Fsp3) is 0.363. The highest BCUT2D eigenvalue weighted by atomic mass is 16.6. The first-order valence-electron chi connectivity index (χ1n) is 44.8. The number of amides is 7. The van der Waals surface area contributed by atoms with E-state index in [1.165, 1.54) is 28.4 Å². The highest BCUT2D eigenvalue weighted by Gasteiger charge is 2.42. The van der Waals surface area contributed by atoms with Crippen molar-refractivity contribution >= 4 is 75.6 Å². The van der Waals surface area contributed by atoms with Gasteiger partial charge in [-0.05, 0) is 199 Å². The number of aromatic nitrogens is 8. The number of nitrogens with one attached hydrogen (secondary N) is 7. The van der Waals surface area contributed by atoms with E-state index in [4.69, 9.17) is 39.0 Å². The van der Waals surface area contributed by atoms with Crippen LogP contribution in [-0.4, -0.2) is 191 Å². The first-order valence-corrected chi connectivity index (χ1v) is 44.8. The lowest BCUT2D eigenvalue weighted by atomic mass is 9.92.